The fourth-order valence-electron chi connectivity index (χ4n) is 2.11. The van der Waals surface area contributed by atoms with E-state index in [1.54, 1.807) is 0 Å². The summed E-state index contributed by atoms with van der Waals surface area (Å²) in [5.74, 6) is 0. The van der Waals surface area contributed by atoms with Gasteiger partial charge >= 0.3 is 0 Å². The molecule has 1 aliphatic rings. The second kappa shape index (κ2) is 6.58. The second-order valence-electron chi connectivity index (χ2n) is 6.00. The van der Waals surface area contributed by atoms with Gasteiger partial charge in [0.25, 0.3) is 0 Å². The van der Waals surface area contributed by atoms with Crippen molar-refractivity contribution in [3.8, 4) is 0 Å². The van der Waals surface area contributed by atoms with Gasteiger partial charge in [0.05, 0.1) is 6.10 Å². The molecule has 1 rings (SSSR count). The molecule has 0 aliphatic carbocycles. The molecule has 1 heterocycles. The highest BCUT2D eigenvalue weighted by molar-refractivity contribution is 4.75. The van der Waals surface area contributed by atoms with E-state index >= 15 is 0 Å². The maximum absolute atomic E-state index is 9.95. The quantitative estimate of drug-likeness (QED) is 0.767. The Morgan fingerprint density at radius 1 is 1.12 bits per heavy atom. The minimum Gasteiger partial charge on any atom is -0.390 e. The van der Waals surface area contributed by atoms with Crippen LogP contribution in [0.15, 0.2) is 0 Å². The molecular formula is C13H28N2O. The van der Waals surface area contributed by atoms with Crippen LogP contribution in [-0.4, -0.2) is 47.8 Å². The Labute approximate surface area is 100 Å². The van der Waals surface area contributed by atoms with Gasteiger partial charge in [-0.3, -0.25) is 0 Å². The molecule has 1 unspecified atom stereocenters. The summed E-state index contributed by atoms with van der Waals surface area (Å²) in [6.07, 6.45) is 5.05. The number of hydrogen-bond donors (Lipinski definition) is 2. The fraction of sp³-hybridized carbons (Fsp3) is 1.00. The minimum atomic E-state index is -0.239. The molecule has 3 heteroatoms. The molecule has 0 bridgehead atoms. The highest BCUT2D eigenvalue weighted by Crippen LogP contribution is 2.10. The summed E-state index contributed by atoms with van der Waals surface area (Å²) in [6.45, 7) is 10.2. The van der Waals surface area contributed by atoms with Crippen molar-refractivity contribution in [2.24, 2.45) is 0 Å². The lowest BCUT2D eigenvalue weighted by atomic mass is 10.1. The van der Waals surface area contributed by atoms with Crippen molar-refractivity contribution in [3.05, 3.63) is 0 Å². The number of nitrogens with zero attached hydrogens (tertiary/aromatic N) is 1. The number of likely N-dealkylation sites (tertiary alicyclic amines) is 1. The summed E-state index contributed by atoms with van der Waals surface area (Å²) < 4.78 is 0. The van der Waals surface area contributed by atoms with Gasteiger partial charge in [0.2, 0.25) is 0 Å². The Morgan fingerprint density at radius 2 is 1.69 bits per heavy atom. The monoisotopic (exact) mass is 228 g/mol. The molecule has 16 heavy (non-hydrogen) atoms. The predicted molar refractivity (Wildman–Crippen MR) is 68.7 cm³/mol. The summed E-state index contributed by atoms with van der Waals surface area (Å²) in [5.41, 5.74) is 0.0970. The van der Waals surface area contributed by atoms with Gasteiger partial charge in [-0.05, 0) is 46.7 Å². The van der Waals surface area contributed by atoms with Crippen LogP contribution in [0.1, 0.15) is 46.5 Å². The maximum Gasteiger partial charge on any atom is 0.0791 e. The number of hydrogen-bond acceptors (Lipinski definition) is 3. The Morgan fingerprint density at radius 3 is 2.19 bits per heavy atom. The molecule has 0 amide bonds. The molecule has 1 saturated heterocycles. The normalized spacial score (nSPS) is 21.8. The molecule has 0 saturated carbocycles. The molecule has 2 N–H and O–H groups in total. The number of β-amino-alcohol motifs (C(OH)–C–C–N with tert-alkyl or cyclic N) is 1. The molecule has 3 nitrogen and oxygen atoms in total. The predicted octanol–water partition coefficient (Wildman–Crippen LogP) is 1.61. The molecule has 1 aliphatic heterocycles. The van der Waals surface area contributed by atoms with E-state index in [4.69, 9.17) is 0 Å². The standard InChI is InChI=1S/C13H28N2O/c1-13(2,3)14-10-12(16)11-15-8-6-4-5-7-9-15/h12,14,16H,4-11H2,1-3H3. The zero-order valence-corrected chi connectivity index (χ0v) is 11.1. The number of aliphatic hydroxyl groups excluding tert-OH is 1. The lowest BCUT2D eigenvalue weighted by Crippen LogP contribution is -2.45. The number of rotatable bonds is 4. The van der Waals surface area contributed by atoms with Crippen molar-refractivity contribution in [1.82, 2.24) is 10.2 Å². The summed E-state index contributed by atoms with van der Waals surface area (Å²) in [5, 5.41) is 13.3. The SMILES string of the molecule is CC(C)(C)NCC(O)CN1CCCCCC1. The van der Waals surface area contributed by atoms with Gasteiger partial charge in [0.15, 0.2) is 0 Å². The van der Waals surface area contributed by atoms with Gasteiger partial charge in [0, 0.05) is 18.6 Å². The summed E-state index contributed by atoms with van der Waals surface area (Å²) in [6, 6.07) is 0. The van der Waals surface area contributed by atoms with Crippen molar-refractivity contribution in [2.45, 2.75) is 58.1 Å². The van der Waals surface area contributed by atoms with Crippen LogP contribution in [-0.2, 0) is 0 Å². The lowest BCUT2D eigenvalue weighted by Gasteiger charge is -2.26. The molecular weight excluding hydrogens is 200 g/mol. The Bertz CT molecular complexity index is 181. The van der Waals surface area contributed by atoms with Crippen molar-refractivity contribution < 1.29 is 5.11 Å². The average Bonchev–Trinajstić information content (AvgIpc) is 2.42. The molecule has 0 spiro atoms. The van der Waals surface area contributed by atoms with Gasteiger partial charge in [0.1, 0.15) is 0 Å². The molecule has 0 radical (unpaired) electrons. The molecule has 0 aromatic carbocycles. The summed E-state index contributed by atoms with van der Waals surface area (Å²) in [4.78, 5) is 2.40. The Kier molecular flexibility index (Phi) is 5.73. The molecule has 1 fully saturated rings. The molecule has 96 valence electrons. The van der Waals surface area contributed by atoms with E-state index in [9.17, 15) is 5.11 Å². The lowest BCUT2D eigenvalue weighted by molar-refractivity contribution is 0.107. The van der Waals surface area contributed by atoms with Crippen LogP contribution in [0.25, 0.3) is 0 Å². The van der Waals surface area contributed by atoms with E-state index < -0.39 is 0 Å². The Hall–Kier alpha value is -0.120. The number of aliphatic hydroxyl groups is 1. The largest absolute Gasteiger partial charge is 0.390 e. The van der Waals surface area contributed by atoms with Crippen LogP contribution >= 0.6 is 0 Å². The first-order valence-electron chi connectivity index (χ1n) is 6.63. The molecule has 0 aromatic rings. The van der Waals surface area contributed by atoms with Crippen molar-refractivity contribution in [1.29, 1.82) is 0 Å². The third-order valence-electron chi connectivity index (χ3n) is 3.04. The molecule has 0 aromatic heterocycles. The fourth-order valence-corrected chi connectivity index (χ4v) is 2.11. The summed E-state index contributed by atoms with van der Waals surface area (Å²) in [7, 11) is 0. The van der Waals surface area contributed by atoms with Crippen LogP contribution in [0.3, 0.4) is 0 Å². The first-order chi connectivity index (χ1) is 7.47. The third kappa shape index (κ3) is 6.46. The topological polar surface area (TPSA) is 35.5 Å². The average molecular weight is 228 g/mol. The van der Waals surface area contributed by atoms with Gasteiger partial charge in [-0.2, -0.15) is 0 Å². The van der Waals surface area contributed by atoms with E-state index in [2.05, 4.69) is 31.0 Å². The van der Waals surface area contributed by atoms with E-state index in [0.717, 1.165) is 19.6 Å². The van der Waals surface area contributed by atoms with Crippen molar-refractivity contribution in [2.75, 3.05) is 26.2 Å². The highest BCUT2D eigenvalue weighted by Gasteiger charge is 2.16. The zero-order valence-electron chi connectivity index (χ0n) is 11.1. The van der Waals surface area contributed by atoms with Crippen molar-refractivity contribution in [3.63, 3.8) is 0 Å². The van der Waals surface area contributed by atoms with E-state index in [0.29, 0.717) is 6.54 Å². The highest BCUT2D eigenvalue weighted by atomic mass is 16.3. The van der Waals surface area contributed by atoms with Crippen LogP contribution < -0.4 is 5.32 Å². The van der Waals surface area contributed by atoms with Crippen molar-refractivity contribution >= 4 is 0 Å². The van der Waals surface area contributed by atoms with Gasteiger partial charge in [-0.25, -0.2) is 0 Å². The van der Waals surface area contributed by atoms with Crippen LogP contribution in [0.2, 0.25) is 0 Å². The smallest absolute Gasteiger partial charge is 0.0791 e. The van der Waals surface area contributed by atoms with Crippen LogP contribution in [0.4, 0.5) is 0 Å². The van der Waals surface area contributed by atoms with E-state index in [1.165, 1.54) is 25.7 Å². The first-order valence-corrected chi connectivity index (χ1v) is 6.63. The van der Waals surface area contributed by atoms with Gasteiger partial charge in [-0.15, -0.1) is 0 Å². The van der Waals surface area contributed by atoms with Crippen LogP contribution in [0, 0.1) is 0 Å². The first kappa shape index (κ1) is 13.9. The number of nitrogens with one attached hydrogen (secondary N) is 1. The Balaban J connectivity index is 2.19. The van der Waals surface area contributed by atoms with E-state index in [1.807, 2.05) is 0 Å². The minimum absolute atomic E-state index is 0.0970. The summed E-state index contributed by atoms with van der Waals surface area (Å²) >= 11 is 0. The van der Waals surface area contributed by atoms with Gasteiger partial charge in [-0.1, -0.05) is 12.8 Å². The third-order valence-corrected chi connectivity index (χ3v) is 3.04. The second-order valence-corrected chi connectivity index (χ2v) is 6.00. The maximum atomic E-state index is 9.95. The van der Waals surface area contributed by atoms with Crippen LogP contribution in [0.5, 0.6) is 0 Å². The van der Waals surface area contributed by atoms with E-state index in [-0.39, 0.29) is 11.6 Å². The molecule has 1 atom stereocenters. The zero-order chi connectivity index (χ0) is 12.0. The van der Waals surface area contributed by atoms with Gasteiger partial charge < -0.3 is 15.3 Å².